The van der Waals surface area contributed by atoms with E-state index < -0.39 is 12.3 Å². The fourth-order valence-electron chi connectivity index (χ4n) is 3.83. The molecular formula is C20H22FN3O2. The third kappa shape index (κ3) is 3.22. The monoisotopic (exact) mass is 355 g/mol. The van der Waals surface area contributed by atoms with Gasteiger partial charge in [-0.05, 0) is 42.2 Å². The van der Waals surface area contributed by atoms with Crippen molar-refractivity contribution in [1.82, 2.24) is 10.2 Å². The van der Waals surface area contributed by atoms with Crippen LogP contribution in [0.1, 0.15) is 29.0 Å². The second-order valence-electron chi connectivity index (χ2n) is 7.13. The molecule has 2 heterocycles. The molecule has 5 nitrogen and oxygen atoms in total. The SMILES string of the molecule is Cc1c(CN2CC[C@@H](O)[C@@H](F)C2)cccc1C1C=CC2=NC(=O)NC2=C1. The van der Waals surface area contributed by atoms with Crippen LogP contribution in [-0.4, -0.2) is 47.1 Å². The van der Waals surface area contributed by atoms with E-state index in [1.54, 1.807) is 0 Å². The largest absolute Gasteiger partial charge is 0.390 e. The van der Waals surface area contributed by atoms with Crippen molar-refractivity contribution in [1.29, 1.82) is 0 Å². The molecule has 3 atom stereocenters. The van der Waals surface area contributed by atoms with Crippen molar-refractivity contribution < 1.29 is 14.3 Å². The van der Waals surface area contributed by atoms with Gasteiger partial charge in [-0.2, -0.15) is 4.99 Å². The zero-order valence-electron chi connectivity index (χ0n) is 14.7. The highest BCUT2D eigenvalue weighted by Gasteiger charge is 2.28. The Hall–Kier alpha value is -2.31. The Morgan fingerprint density at radius 2 is 2.27 bits per heavy atom. The number of rotatable bonds is 3. The maximum Gasteiger partial charge on any atom is 0.346 e. The van der Waals surface area contributed by atoms with E-state index in [4.69, 9.17) is 0 Å². The van der Waals surface area contributed by atoms with Crippen molar-refractivity contribution in [2.75, 3.05) is 13.1 Å². The van der Waals surface area contributed by atoms with Gasteiger partial charge in [-0.15, -0.1) is 0 Å². The van der Waals surface area contributed by atoms with E-state index in [-0.39, 0.29) is 18.5 Å². The first-order valence-corrected chi connectivity index (χ1v) is 8.94. The molecule has 3 aliphatic rings. The summed E-state index contributed by atoms with van der Waals surface area (Å²) in [6, 6.07) is 5.85. The topological polar surface area (TPSA) is 64.9 Å². The molecule has 1 aliphatic carbocycles. The Bertz CT molecular complexity index is 830. The van der Waals surface area contributed by atoms with Gasteiger partial charge in [0, 0.05) is 25.6 Å². The number of halogens is 1. The highest BCUT2D eigenvalue weighted by molar-refractivity contribution is 6.19. The zero-order chi connectivity index (χ0) is 18.3. The van der Waals surface area contributed by atoms with Gasteiger partial charge in [0.2, 0.25) is 0 Å². The van der Waals surface area contributed by atoms with Crippen LogP contribution in [0.3, 0.4) is 0 Å². The Balaban J connectivity index is 1.54. The number of fused-ring (bicyclic) bond motifs is 1. The molecule has 2 aliphatic heterocycles. The summed E-state index contributed by atoms with van der Waals surface area (Å²) in [4.78, 5) is 17.4. The van der Waals surface area contributed by atoms with E-state index in [1.807, 2.05) is 24.3 Å². The predicted octanol–water partition coefficient (Wildman–Crippen LogP) is 2.60. The molecule has 0 bridgehead atoms. The van der Waals surface area contributed by atoms with E-state index >= 15 is 0 Å². The number of carbonyl (C=O) groups excluding carboxylic acids is 1. The van der Waals surface area contributed by atoms with Gasteiger partial charge in [0.1, 0.15) is 6.17 Å². The molecule has 1 fully saturated rings. The van der Waals surface area contributed by atoms with Gasteiger partial charge in [-0.3, -0.25) is 4.90 Å². The number of aliphatic hydroxyl groups is 1. The molecule has 0 saturated carbocycles. The van der Waals surface area contributed by atoms with E-state index in [0.29, 0.717) is 25.2 Å². The number of nitrogens with one attached hydrogen (secondary N) is 1. The number of hydrogen-bond acceptors (Lipinski definition) is 3. The lowest BCUT2D eigenvalue weighted by Gasteiger charge is -2.32. The van der Waals surface area contributed by atoms with E-state index in [9.17, 15) is 14.3 Å². The quantitative estimate of drug-likeness (QED) is 0.876. The number of carbonyl (C=O) groups is 1. The molecule has 2 N–H and O–H groups in total. The van der Waals surface area contributed by atoms with Gasteiger partial charge >= 0.3 is 6.03 Å². The summed E-state index contributed by atoms with van der Waals surface area (Å²) in [6.45, 7) is 3.72. The predicted molar refractivity (Wildman–Crippen MR) is 97.9 cm³/mol. The van der Waals surface area contributed by atoms with Crippen LogP contribution in [0.25, 0.3) is 0 Å². The number of piperidine rings is 1. The van der Waals surface area contributed by atoms with Gasteiger partial charge < -0.3 is 10.4 Å². The van der Waals surface area contributed by atoms with Crippen molar-refractivity contribution in [3.8, 4) is 0 Å². The number of urea groups is 1. The number of aliphatic hydroxyl groups excluding tert-OH is 1. The Kier molecular flexibility index (Phi) is 4.46. The number of alkyl halides is 1. The molecule has 1 unspecified atom stereocenters. The summed E-state index contributed by atoms with van der Waals surface area (Å²) in [5, 5.41) is 12.3. The lowest BCUT2D eigenvalue weighted by molar-refractivity contribution is 0.00387. The maximum atomic E-state index is 13.8. The molecule has 1 aromatic rings. The number of amides is 2. The number of allylic oxidation sites excluding steroid dienone is 3. The average molecular weight is 355 g/mol. The minimum Gasteiger partial charge on any atom is -0.390 e. The fraction of sp³-hybridized carbons (Fsp3) is 0.400. The maximum absolute atomic E-state index is 13.8. The molecule has 4 rings (SSSR count). The second-order valence-corrected chi connectivity index (χ2v) is 7.13. The molecule has 0 radical (unpaired) electrons. The van der Waals surface area contributed by atoms with Crippen molar-refractivity contribution in [2.24, 2.45) is 4.99 Å². The fourth-order valence-corrected chi connectivity index (χ4v) is 3.83. The van der Waals surface area contributed by atoms with Gasteiger partial charge in [-0.1, -0.05) is 24.3 Å². The normalized spacial score (nSPS) is 28.4. The minimum atomic E-state index is -1.18. The lowest BCUT2D eigenvalue weighted by atomic mass is 9.88. The molecule has 26 heavy (non-hydrogen) atoms. The first kappa shape index (κ1) is 17.1. The molecule has 136 valence electrons. The number of nitrogens with zero attached hydrogens (tertiary/aromatic N) is 2. The Morgan fingerprint density at radius 3 is 3.08 bits per heavy atom. The highest BCUT2D eigenvalue weighted by atomic mass is 19.1. The molecule has 0 aromatic heterocycles. The number of likely N-dealkylation sites (tertiary alicyclic amines) is 1. The third-order valence-electron chi connectivity index (χ3n) is 5.38. The third-order valence-corrected chi connectivity index (χ3v) is 5.38. The second kappa shape index (κ2) is 6.78. The summed E-state index contributed by atoms with van der Waals surface area (Å²) >= 11 is 0. The smallest absolute Gasteiger partial charge is 0.346 e. The van der Waals surface area contributed by atoms with Crippen molar-refractivity contribution >= 4 is 11.7 Å². The molecule has 6 heteroatoms. The molecule has 0 spiro atoms. The Labute approximate surface area is 151 Å². The van der Waals surface area contributed by atoms with Crippen LogP contribution in [-0.2, 0) is 6.54 Å². The van der Waals surface area contributed by atoms with Gasteiger partial charge in [0.15, 0.2) is 0 Å². The highest BCUT2D eigenvalue weighted by Crippen LogP contribution is 2.30. The Morgan fingerprint density at radius 1 is 1.42 bits per heavy atom. The zero-order valence-corrected chi connectivity index (χ0v) is 14.7. The molecular weight excluding hydrogens is 333 g/mol. The summed E-state index contributed by atoms with van der Waals surface area (Å²) in [6.07, 6.45) is 4.40. The van der Waals surface area contributed by atoms with Crippen LogP contribution in [0.2, 0.25) is 0 Å². The number of hydrogen-bond donors (Lipinski definition) is 2. The molecule has 1 aromatic carbocycles. The van der Waals surface area contributed by atoms with Crippen LogP contribution >= 0.6 is 0 Å². The summed E-state index contributed by atoms with van der Waals surface area (Å²) in [5.41, 5.74) is 4.94. The first-order valence-electron chi connectivity index (χ1n) is 8.94. The number of benzene rings is 1. The van der Waals surface area contributed by atoms with Gasteiger partial charge in [0.25, 0.3) is 0 Å². The van der Waals surface area contributed by atoms with Crippen LogP contribution < -0.4 is 5.32 Å². The summed E-state index contributed by atoms with van der Waals surface area (Å²) in [5.74, 6) is 0.0689. The van der Waals surface area contributed by atoms with Crippen molar-refractivity contribution in [3.63, 3.8) is 0 Å². The number of aliphatic imine (C=N–C) groups is 1. The molecule has 2 amide bonds. The lowest BCUT2D eigenvalue weighted by Crippen LogP contribution is -2.44. The van der Waals surface area contributed by atoms with E-state index in [2.05, 4.69) is 34.3 Å². The van der Waals surface area contributed by atoms with Gasteiger partial charge in [-0.25, -0.2) is 9.18 Å². The summed E-state index contributed by atoms with van der Waals surface area (Å²) in [7, 11) is 0. The molecule has 1 saturated heterocycles. The van der Waals surface area contributed by atoms with Crippen molar-refractivity contribution in [3.05, 3.63) is 58.8 Å². The summed E-state index contributed by atoms with van der Waals surface area (Å²) < 4.78 is 13.8. The van der Waals surface area contributed by atoms with Crippen LogP contribution in [0.5, 0.6) is 0 Å². The van der Waals surface area contributed by atoms with Crippen molar-refractivity contribution in [2.45, 2.75) is 38.1 Å². The van der Waals surface area contributed by atoms with Crippen LogP contribution in [0.15, 0.2) is 47.1 Å². The standard InChI is InChI=1S/C20H22FN3O2/c1-12-14(10-24-8-7-19(25)16(21)11-24)3-2-4-15(12)13-5-6-17-18(9-13)23-20(26)22-17/h2-6,9,13,16,19,25H,7-8,10-11H2,1H3,(H,23,26)/t13?,16-,19+/m0/s1. The minimum absolute atomic E-state index is 0.0689. The van der Waals surface area contributed by atoms with E-state index in [1.165, 1.54) is 11.1 Å². The van der Waals surface area contributed by atoms with Crippen LogP contribution in [0, 0.1) is 6.92 Å². The van der Waals surface area contributed by atoms with Crippen LogP contribution in [0.4, 0.5) is 9.18 Å². The van der Waals surface area contributed by atoms with Gasteiger partial charge in [0.05, 0.1) is 17.5 Å². The average Bonchev–Trinajstić information content (AvgIpc) is 2.99. The van der Waals surface area contributed by atoms with E-state index in [0.717, 1.165) is 11.3 Å². The first-order chi connectivity index (χ1) is 12.5.